The number of nitrogens with zero attached hydrogens (tertiary/aromatic N) is 2. The van der Waals surface area contributed by atoms with Crippen molar-refractivity contribution in [2.24, 2.45) is 0 Å². The number of ether oxygens (including phenoxy) is 2. The Morgan fingerprint density at radius 2 is 2.35 bits per heavy atom. The van der Waals surface area contributed by atoms with E-state index in [2.05, 4.69) is 0 Å². The quantitative estimate of drug-likeness (QED) is 0.847. The van der Waals surface area contributed by atoms with Gasteiger partial charge in [0.15, 0.2) is 6.61 Å². The van der Waals surface area contributed by atoms with E-state index >= 15 is 0 Å². The number of carbonyl (C=O) groups excluding carboxylic acids is 1. The molecule has 1 aromatic carbocycles. The molecule has 1 aliphatic rings. The minimum Gasteiger partial charge on any atom is -0.482 e. The number of morpholine rings is 1. The largest absolute Gasteiger partial charge is 0.482 e. The molecule has 0 spiro atoms. The first-order valence-electron chi connectivity index (χ1n) is 6.36. The predicted octanol–water partition coefficient (Wildman–Crippen LogP) is 0.157. The van der Waals surface area contributed by atoms with Crippen LogP contribution in [0.1, 0.15) is 5.56 Å². The number of aliphatic hydroxyl groups excluding tert-OH is 1. The van der Waals surface area contributed by atoms with Crippen LogP contribution in [0.25, 0.3) is 0 Å². The number of nitriles is 1. The van der Waals surface area contributed by atoms with Gasteiger partial charge in [0.05, 0.1) is 24.9 Å². The molecule has 0 aliphatic carbocycles. The maximum absolute atomic E-state index is 12.0. The van der Waals surface area contributed by atoms with Gasteiger partial charge in [-0.3, -0.25) is 4.79 Å². The van der Waals surface area contributed by atoms with Crippen LogP contribution in [0.3, 0.4) is 0 Å². The van der Waals surface area contributed by atoms with Crippen LogP contribution in [-0.4, -0.2) is 54.9 Å². The minimum atomic E-state index is -0.334. The van der Waals surface area contributed by atoms with Crippen LogP contribution in [0, 0.1) is 11.3 Å². The molecule has 1 amide bonds. The molecule has 2 rings (SSSR count). The molecule has 1 aliphatic heterocycles. The highest BCUT2D eigenvalue weighted by molar-refractivity contribution is 5.78. The highest BCUT2D eigenvalue weighted by atomic mass is 16.5. The zero-order valence-corrected chi connectivity index (χ0v) is 11.0. The first-order chi connectivity index (χ1) is 9.74. The van der Waals surface area contributed by atoms with Crippen LogP contribution < -0.4 is 4.74 Å². The second-order valence-corrected chi connectivity index (χ2v) is 4.41. The molecular weight excluding hydrogens is 260 g/mol. The zero-order chi connectivity index (χ0) is 14.4. The van der Waals surface area contributed by atoms with Gasteiger partial charge in [0, 0.05) is 13.1 Å². The van der Waals surface area contributed by atoms with E-state index in [1.54, 1.807) is 29.2 Å². The molecule has 1 fully saturated rings. The fourth-order valence-electron chi connectivity index (χ4n) is 1.97. The Bertz CT molecular complexity index is 512. The maximum atomic E-state index is 12.0. The summed E-state index contributed by atoms with van der Waals surface area (Å²) in [5, 5.41) is 18.0. The van der Waals surface area contributed by atoms with Crippen molar-refractivity contribution in [2.45, 2.75) is 6.10 Å². The Hall–Kier alpha value is -2.10. The lowest BCUT2D eigenvalue weighted by molar-refractivity contribution is -0.142. The van der Waals surface area contributed by atoms with Crippen molar-refractivity contribution in [3.8, 4) is 11.8 Å². The van der Waals surface area contributed by atoms with Crippen LogP contribution in [0.4, 0.5) is 0 Å². The van der Waals surface area contributed by atoms with E-state index < -0.39 is 0 Å². The number of hydrogen-bond acceptors (Lipinski definition) is 5. The lowest BCUT2D eigenvalue weighted by atomic mass is 10.2. The van der Waals surface area contributed by atoms with E-state index in [1.807, 2.05) is 6.07 Å². The van der Waals surface area contributed by atoms with E-state index in [4.69, 9.17) is 19.8 Å². The summed E-state index contributed by atoms with van der Waals surface area (Å²) in [5.74, 6) is 0.217. The molecular formula is C14H16N2O4. The average Bonchev–Trinajstić information content (AvgIpc) is 2.52. The molecule has 1 aromatic rings. The van der Waals surface area contributed by atoms with Gasteiger partial charge < -0.3 is 19.5 Å². The van der Waals surface area contributed by atoms with E-state index in [0.717, 1.165) is 0 Å². The van der Waals surface area contributed by atoms with Gasteiger partial charge in [-0.2, -0.15) is 5.26 Å². The standard InChI is InChI=1S/C14H16N2O4/c15-7-11-3-1-2-4-13(11)20-10-14(18)16-5-6-19-12(8-16)9-17/h1-4,12,17H,5-6,8-10H2. The fourth-order valence-corrected chi connectivity index (χ4v) is 1.97. The van der Waals surface area contributed by atoms with Crippen molar-refractivity contribution < 1.29 is 19.4 Å². The van der Waals surface area contributed by atoms with Crippen LogP contribution >= 0.6 is 0 Å². The zero-order valence-electron chi connectivity index (χ0n) is 11.0. The molecule has 1 N–H and O–H groups in total. The van der Waals surface area contributed by atoms with Crippen molar-refractivity contribution in [1.29, 1.82) is 5.26 Å². The maximum Gasteiger partial charge on any atom is 0.260 e. The second kappa shape index (κ2) is 6.89. The van der Waals surface area contributed by atoms with E-state index in [0.29, 0.717) is 31.0 Å². The van der Waals surface area contributed by atoms with Gasteiger partial charge in [-0.15, -0.1) is 0 Å². The molecule has 0 aromatic heterocycles. The average molecular weight is 276 g/mol. The van der Waals surface area contributed by atoms with Gasteiger partial charge in [0.1, 0.15) is 11.8 Å². The lowest BCUT2D eigenvalue weighted by Crippen LogP contribution is -2.48. The summed E-state index contributed by atoms with van der Waals surface area (Å²) >= 11 is 0. The first-order valence-corrected chi connectivity index (χ1v) is 6.36. The molecule has 1 saturated heterocycles. The SMILES string of the molecule is N#Cc1ccccc1OCC(=O)N1CCOC(CO)C1. The Balaban J connectivity index is 1.90. The molecule has 0 saturated carbocycles. The molecule has 20 heavy (non-hydrogen) atoms. The van der Waals surface area contributed by atoms with Crippen LogP contribution in [0.15, 0.2) is 24.3 Å². The third kappa shape index (κ3) is 3.47. The van der Waals surface area contributed by atoms with E-state index in [-0.39, 0.29) is 25.2 Å². The molecule has 1 heterocycles. The van der Waals surface area contributed by atoms with Gasteiger partial charge >= 0.3 is 0 Å². The third-order valence-corrected chi connectivity index (χ3v) is 3.05. The number of hydrogen-bond donors (Lipinski definition) is 1. The van der Waals surface area contributed by atoms with Gasteiger partial charge in [-0.1, -0.05) is 12.1 Å². The third-order valence-electron chi connectivity index (χ3n) is 3.05. The van der Waals surface area contributed by atoms with Crippen molar-refractivity contribution in [1.82, 2.24) is 4.90 Å². The van der Waals surface area contributed by atoms with Crippen LogP contribution in [0.5, 0.6) is 5.75 Å². The molecule has 0 radical (unpaired) electrons. The summed E-state index contributed by atoms with van der Waals surface area (Å²) < 4.78 is 10.7. The highest BCUT2D eigenvalue weighted by Crippen LogP contribution is 2.16. The van der Waals surface area contributed by atoms with E-state index in [9.17, 15) is 4.79 Å². The molecule has 6 heteroatoms. The van der Waals surface area contributed by atoms with Gasteiger partial charge in [-0.25, -0.2) is 0 Å². The summed E-state index contributed by atoms with van der Waals surface area (Å²) in [6.07, 6.45) is -0.334. The number of carbonyl (C=O) groups is 1. The summed E-state index contributed by atoms with van der Waals surface area (Å²) in [6, 6.07) is 8.79. The molecule has 0 bridgehead atoms. The van der Waals surface area contributed by atoms with Crippen molar-refractivity contribution >= 4 is 5.91 Å². The fraction of sp³-hybridized carbons (Fsp3) is 0.429. The summed E-state index contributed by atoms with van der Waals surface area (Å²) in [7, 11) is 0. The van der Waals surface area contributed by atoms with Crippen molar-refractivity contribution in [2.75, 3.05) is 32.9 Å². The summed E-state index contributed by atoms with van der Waals surface area (Å²) in [6.45, 7) is 1.02. The normalized spacial score (nSPS) is 18.4. The Morgan fingerprint density at radius 3 is 3.10 bits per heavy atom. The first kappa shape index (κ1) is 14.3. The molecule has 1 unspecified atom stereocenters. The van der Waals surface area contributed by atoms with Gasteiger partial charge in [0.2, 0.25) is 0 Å². The topological polar surface area (TPSA) is 82.8 Å². The Morgan fingerprint density at radius 1 is 1.55 bits per heavy atom. The highest BCUT2D eigenvalue weighted by Gasteiger charge is 2.23. The lowest BCUT2D eigenvalue weighted by Gasteiger charge is -2.31. The molecule has 1 atom stereocenters. The van der Waals surface area contributed by atoms with Crippen molar-refractivity contribution in [3.63, 3.8) is 0 Å². The Kier molecular flexibility index (Phi) is 4.93. The number of amides is 1. The Labute approximate surface area is 117 Å². The number of benzene rings is 1. The second-order valence-electron chi connectivity index (χ2n) is 4.41. The molecule has 6 nitrogen and oxygen atoms in total. The van der Waals surface area contributed by atoms with Crippen molar-refractivity contribution in [3.05, 3.63) is 29.8 Å². The van der Waals surface area contributed by atoms with Gasteiger partial charge in [0.25, 0.3) is 5.91 Å². The van der Waals surface area contributed by atoms with E-state index in [1.165, 1.54) is 0 Å². The molecule has 106 valence electrons. The number of aliphatic hydroxyl groups is 1. The van der Waals surface area contributed by atoms with Gasteiger partial charge in [-0.05, 0) is 12.1 Å². The smallest absolute Gasteiger partial charge is 0.260 e. The summed E-state index contributed by atoms with van der Waals surface area (Å²) in [4.78, 5) is 13.6. The van der Waals surface area contributed by atoms with Crippen LogP contribution in [0.2, 0.25) is 0 Å². The predicted molar refractivity (Wildman–Crippen MR) is 70.1 cm³/mol. The summed E-state index contributed by atoms with van der Waals surface area (Å²) in [5.41, 5.74) is 0.399. The van der Waals surface area contributed by atoms with Crippen LogP contribution in [-0.2, 0) is 9.53 Å². The number of para-hydroxylation sites is 1. The number of rotatable bonds is 4. The monoisotopic (exact) mass is 276 g/mol. The minimum absolute atomic E-state index is 0.109.